The van der Waals surface area contributed by atoms with Gasteiger partial charge in [0.25, 0.3) is 0 Å². The van der Waals surface area contributed by atoms with Crippen molar-refractivity contribution < 1.29 is 0 Å². The molecular formula is C18H36IN5. The molecule has 0 aliphatic rings. The number of halogens is 1. The van der Waals surface area contributed by atoms with Gasteiger partial charge in [0.15, 0.2) is 5.96 Å². The van der Waals surface area contributed by atoms with Crippen LogP contribution in [0.5, 0.6) is 0 Å². The highest BCUT2D eigenvalue weighted by Gasteiger charge is 1.97. The van der Waals surface area contributed by atoms with E-state index in [0.717, 1.165) is 32.1 Å². The smallest absolute Gasteiger partial charge is 0.191 e. The Morgan fingerprint density at radius 2 is 1.67 bits per heavy atom. The van der Waals surface area contributed by atoms with Gasteiger partial charge in [-0.2, -0.15) is 0 Å². The van der Waals surface area contributed by atoms with Crippen LogP contribution >= 0.6 is 24.0 Å². The highest BCUT2D eigenvalue weighted by molar-refractivity contribution is 14.0. The van der Waals surface area contributed by atoms with Gasteiger partial charge in [-0.05, 0) is 52.5 Å². The lowest BCUT2D eigenvalue weighted by molar-refractivity contribution is 0.390. The molecule has 1 aromatic rings. The molecule has 0 aromatic carbocycles. The van der Waals surface area contributed by atoms with Crippen molar-refractivity contribution in [2.45, 2.75) is 45.6 Å². The summed E-state index contributed by atoms with van der Waals surface area (Å²) in [7, 11) is 4.28. The van der Waals surface area contributed by atoms with E-state index in [1.807, 2.05) is 0 Å². The number of unbranched alkanes of at least 4 members (excludes halogenated alkanes) is 4. The molecule has 0 atom stereocenters. The molecule has 24 heavy (non-hydrogen) atoms. The first-order chi connectivity index (χ1) is 11.2. The van der Waals surface area contributed by atoms with E-state index in [9.17, 15) is 0 Å². The first-order valence-corrected chi connectivity index (χ1v) is 9.00. The maximum absolute atomic E-state index is 4.66. The predicted molar refractivity (Wildman–Crippen MR) is 115 cm³/mol. The van der Waals surface area contributed by atoms with Gasteiger partial charge in [-0.15, -0.1) is 24.0 Å². The SMILES string of the molecule is CCNC(=NCCCCCCCN(C)C)NCCn1cccc1.I. The molecule has 0 radical (unpaired) electrons. The fourth-order valence-electron chi connectivity index (χ4n) is 2.43. The lowest BCUT2D eigenvalue weighted by Gasteiger charge is -2.11. The highest BCUT2D eigenvalue weighted by atomic mass is 127. The van der Waals surface area contributed by atoms with Crippen molar-refractivity contribution in [3.63, 3.8) is 0 Å². The number of nitrogens with one attached hydrogen (secondary N) is 2. The average molecular weight is 449 g/mol. The molecule has 0 fully saturated rings. The Labute approximate surface area is 165 Å². The quantitative estimate of drug-likeness (QED) is 0.223. The van der Waals surface area contributed by atoms with Crippen LogP contribution in [0.15, 0.2) is 29.5 Å². The molecule has 0 saturated carbocycles. The van der Waals surface area contributed by atoms with Crippen LogP contribution in [0.3, 0.4) is 0 Å². The first-order valence-electron chi connectivity index (χ1n) is 9.00. The zero-order chi connectivity index (χ0) is 16.8. The number of nitrogens with zero attached hydrogens (tertiary/aromatic N) is 3. The Morgan fingerprint density at radius 1 is 1.00 bits per heavy atom. The molecule has 1 heterocycles. The molecule has 0 bridgehead atoms. The van der Waals surface area contributed by atoms with Gasteiger partial charge >= 0.3 is 0 Å². The van der Waals surface area contributed by atoms with Crippen molar-refractivity contribution in [1.29, 1.82) is 0 Å². The van der Waals surface area contributed by atoms with Crippen molar-refractivity contribution in [1.82, 2.24) is 20.1 Å². The van der Waals surface area contributed by atoms with Gasteiger partial charge in [-0.3, -0.25) is 4.99 Å². The van der Waals surface area contributed by atoms with E-state index in [1.165, 1.54) is 38.6 Å². The fraction of sp³-hybridized carbons (Fsp3) is 0.722. The first kappa shape index (κ1) is 23.2. The van der Waals surface area contributed by atoms with Crippen molar-refractivity contribution in [3.8, 4) is 0 Å². The number of hydrogen-bond donors (Lipinski definition) is 2. The second-order valence-electron chi connectivity index (χ2n) is 6.18. The molecule has 6 heteroatoms. The molecule has 0 aliphatic carbocycles. The van der Waals surface area contributed by atoms with Gasteiger partial charge in [-0.1, -0.05) is 19.3 Å². The normalized spacial score (nSPS) is 11.4. The lowest BCUT2D eigenvalue weighted by atomic mass is 10.1. The summed E-state index contributed by atoms with van der Waals surface area (Å²) in [6, 6.07) is 4.11. The summed E-state index contributed by atoms with van der Waals surface area (Å²) in [5.41, 5.74) is 0. The van der Waals surface area contributed by atoms with E-state index in [2.05, 4.69) is 70.6 Å². The molecule has 0 unspecified atom stereocenters. The van der Waals surface area contributed by atoms with Crippen molar-refractivity contribution in [2.75, 3.05) is 40.3 Å². The van der Waals surface area contributed by atoms with Crippen LogP contribution in [0.1, 0.15) is 39.0 Å². The minimum absolute atomic E-state index is 0. The molecule has 0 amide bonds. The third kappa shape index (κ3) is 12.6. The molecule has 2 N–H and O–H groups in total. The molecule has 1 aromatic heterocycles. The molecule has 140 valence electrons. The van der Waals surface area contributed by atoms with Crippen molar-refractivity contribution in [2.24, 2.45) is 4.99 Å². The molecule has 5 nitrogen and oxygen atoms in total. The van der Waals surface area contributed by atoms with E-state index < -0.39 is 0 Å². The zero-order valence-corrected chi connectivity index (χ0v) is 18.0. The summed E-state index contributed by atoms with van der Waals surface area (Å²) in [5, 5.41) is 6.71. The standard InChI is InChI=1S/C18H35N5.HI/c1-4-19-18(21-13-17-23-15-10-11-16-23)20-12-8-6-5-7-9-14-22(2)3;/h10-11,15-16H,4-9,12-14,17H2,1-3H3,(H2,19,20,21);1H. The van der Waals surface area contributed by atoms with Crippen LogP contribution in [-0.4, -0.2) is 55.7 Å². The molecule has 0 aliphatic heterocycles. The van der Waals surface area contributed by atoms with E-state index in [4.69, 9.17) is 0 Å². The topological polar surface area (TPSA) is 44.6 Å². The number of guanidine groups is 1. The summed E-state index contributed by atoms with van der Waals surface area (Å²) in [4.78, 5) is 6.91. The largest absolute Gasteiger partial charge is 0.357 e. The monoisotopic (exact) mass is 449 g/mol. The summed E-state index contributed by atoms with van der Waals surface area (Å²) >= 11 is 0. The van der Waals surface area contributed by atoms with Gasteiger partial charge in [0.1, 0.15) is 0 Å². The van der Waals surface area contributed by atoms with Gasteiger partial charge in [-0.25, -0.2) is 0 Å². The van der Waals surface area contributed by atoms with Crippen molar-refractivity contribution >= 4 is 29.9 Å². The third-order valence-electron chi connectivity index (χ3n) is 3.71. The van der Waals surface area contributed by atoms with E-state index in [0.29, 0.717) is 0 Å². The van der Waals surface area contributed by atoms with Crippen LogP contribution in [-0.2, 0) is 6.54 Å². The van der Waals surface area contributed by atoms with Crippen LogP contribution in [0.4, 0.5) is 0 Å². The predicted octanol–water partition coefficient (Wildman–Crippen LogP) is 3.17. The second kappa shape index (κ2) is 15.7. The number of rotatable bonds is 12. The van der Waals surface area contributed by atoms with Crippen LogP contribution in [0.25, 0.3) is 0 Å². The summed E-state index contributed by atoms with van der Waals surface area (Å²) in [6.45, 7) is 6.97. The third-order valence-corrected chi connectivity index (χ3v) is 3.71. The second-order valence-corrected chi connectivity index (χ2v) is 6.18. The van der Waals surface area contributed by atoms with Crippen LogP contribution in [0.2, 0.25) is 0 Å². The molecular weight excluding hydrogens is 413 g/mol. The number of aromatic nitrogens is 1. The summed E-state index contributed by atoms with van der Waals surface area (Å²) < 4.78 is 2.17. The van der Waals surface area contributed by atoms with E-state index >= 15 is 0 Å². The molecule has 1 rings (SSSR count). The van der Waals surface area contributed by atoms with E-state index in [1.54, 1.807) is 0 Å². The van der Waals surface area contributed by atoms with Gasteiger partial charge in [0, 0.05) is 38.6 Å². The van der Waals surface area contributed by atoms with Gasteiger partial charge in [0.2, 0.25) is 0 Å². The Morgan fingerprint density at radius 3 is 2.33 bits per heavy atom. The van der Waals surface area contributed by atoms with Crippen LogP contribution in [0, 0.1) is 0 Å². The summed E-state index contributed by atoms with van der Waals surface area (Å²) in [6.07, 6.45) is 10.6. The minimum Gasteiger partial charge on any atom is -0.357 e. The van der Waals surface area contributed by atoms with Crippen molar-refractivity contribution in [3.05, 3.63) is 24.5 Å². The Balaban J connectivity index is 0.00000529. The summed E-state index contributed by atoms with van der Waals surface area (Å²) in [5.74, 6) is 0.937. The Kier molecular flexibility index (Phi) is 15.3. The lowest BCUT2D eigenvalue weighted by Crippen LogP contribution is -2.38. The highest BCUT2D eigenvalue weighted by Crippen LogP contribution is 2.03. The minimum atomic E-state index is 0. The zero-order valence-electron chi connectivity index (χ0n) is 15.6. The maximum atomic E-state index is 4.66. The molecule has 0 spiro atoms. The number of hydrogen-bond acceptors (Lipinski definition) is 2. The maximum Gasteiger partial charge on any atom is 0.191 e. The average Bonchev–Trinajstić information content (AvgIpc) is 3.03. The fourth-order valence-corrected chi connectivity index (χ4v) is 2.43. The number of aliphatic imine (C=N–C) groups is 1. The van der Waals surface area contributed by atoms with E-state index in [-0.39, 0.29) is 24.0 Å². The van der Waals surface area contributed by atoms with Gasteiger partial charge in [0.05, 0.1) is 0 Å². The van der Waals surface area contributed by atoms with Gasteiger partial charge < -0.3 is 20.1 Å². The Bertz CT molecular complexity index is 404. The molecule has 0 saturated heterocycles. The Hall–Kier alpha value is -0.760. The van der Waals surface area contributed by atoms with Crippen LogP contribution < -0.4 is 10.6 Å².